The van der Waals surface area contributed by atoms with Gasteiger partial charge in [0.25, 0.3) is 5.91 Å². The van der Waals surface area contributed by atoms with Gasteiger partial charge in [-0.3, -0.25) is 4.79 Å². The summed E-state index contributed by atoms with van der Waals surface area (Å²) in [5, 5.41) is 13.1. The highest BCUT2D eigenvalue weighted by Crippen LogP contribution is 2.17. The molecule has 0 saturated heterocycles. The second kappa shape index (κ2) is 5.91. The lowest BCUT2D eigenvalue weighted by Crippen LogP contribution is -2.28. The van der Waals surface area contributed by atoms with Crippen molar-refractivity contribution in [3.05, 3.63) is 58.5 Å². The number of amides is 1. The highest BCUT2D eigenvalue weighted by molar-refractivity contribution is 6.30. The van der Waals surface area contributed by atoms with E-state index in [1.807, 2.05) is 0 Å². The second-order valence-corrected chi connectivity index (χ2v) is 4.63. The molecule has 2 aromatic rings. The van der Waals surface area contributed by atoms with E-state index in [4.69, 9.17) is 16.0 Å². The number of nitrogens with one attached hydrogen (secondary N) is 1. The van der Waals surface area contributed by atoms with Crippen LogP contribution < -0.4 is 5.32 Å². The quantitative estimate of drug-likeness (QED) is 0.904. The zero-order chi connectivity index (χ0) is 13.8. The van der Waals surface area contributed by atoms with Gasteiger partial charge in [-0.1, -0.05) is 23.7 Å². The molecule has 0 aliphatic carbocycles. The second-order valence-electron chi connectivity index (χ2n) is 4.19. The molecule has 0 fully saturated rings. The van der Waals surface area contributed by atoms with Crippen molar-refractivity contribution < 1.29 is 14.3 Å². The molecule has 19 heavy (non-hydrogen) atoms. The van der Waals surface area contributed by atoms with Crippen molar-refractivity contribution in [2.24, 2.45) is 0 Å². The van der Waals surface area contributed by atoms with Crippen LogP contribution in [-0.4, -0.2) is 17.6 Å². The Bertz CT molecular complexity index is 580. The Kier molecular flexibility index (Phi) is 4.24. The van der Waals surface area contributed by atoms with Crippen LogP contribution in [0.4, 0.5) is 0 Å². The summed E-state index contributed by atoms with van der Waals surface area (Å²) in [5.41, 5.74) is 0.656. The molecule has 1 heterocycles. The van der Waals surface area contributed by atoms with E-state index in [0.717, 1.165) is 0 Å². The van der Waals surface area contributed by atoms with E-state index in [0.29, 0.717) is 16.3 Å². The number of carbonyl (C=O) groups excluding carboxylic acids is 1. The van der Waals surface area contributed by atoms with E-state index in [-0.39, 0.29) is 18.2 Å². The molecule has 0 bridgehead atoms. The number of benzene rings is 1. The van der Waals surface area contributed by atoms with Crippen molar-refractivity contribution in [3.8, 4) is 0 Å². The maximum atomic E-state index is 11.7. The highest BCUT2D eigenvalue weighted by atomic mass is 35.5. The van der Waals surface area contributed by atoms with Crippen molar-refractivity contribution in [2.45, 2.75) is 13.0 Å². The molecule has 1 aromatic carbocycles. The molecular weight excluding hydrogens is 266 g/mol. The first-order valence-corrected chi connectivity index (χ1v) is 6.22. The van der Waals surface area contributed by atoms with E-state index in [2.05, 4.69) is 5.32 Å². The molecule has 0 unspecified atom stereocenters. The lowest BCUT2D eigenvalue weighted by Gasteiger charge is -2.11. The Labute approximate surface area is 116 Å². The number of aliphatic hydroxyl groups is 1. The van der Waals surface area contributed by atoms with Crippen LogP contribution >= 0.6 is 11.6 Å². The smallest absolute Gasteiger partial charge is 0.287 e. The summed E-state index contributed by atoms with van der Waals surface area (Å²) in [5.74, 6) is 0.547. The molecule has 1 atom stereocenters. The summed E-state index contributed by atoms with van der Waals surface area (Å²) in [4.78, 5) is 11.7. The molecule has 0 spiro atoms. The van der Waals surface area contributed by atoms with Gasteiger partial charge in [-0.15, -0.1) is 0 Å². The van der Waals surface area contributed by atoms with Gasteiger partial charge in [0, 0.05) is 11.6 Å². The molecule has 0 aliphatic heterocycles. The fourth-order valence-corrected chi connectivity index (χ4v) is 1.86. The van der Waals surface area contributed by atoms with Crippen LogP contribution in [0.15, 0.2) is 40.8 Å². The van der Waals surface area contributed by atoms with Crippen LogP contribution in [0.1, 0.15) is 28.0 Å². The Morgan fingerprint density at radius 2 is 2.21 bits per heavy atom. The number of hydrogen-bond donors (Lipinski definition) is 2. The molecule has 2 rings (SSSR count). The Balaban J connectivity index is 1.93. The summed E-state index contributed by atoms with van der Waals surface area (Å²) < 4.78 is 5.19. The Morgan fingerprint density at radius 1 is 1.42 bits per heavy atom. The number of rotatable bonds is 4. The van der Waals surface area contributed by atoms with Gasteiger partial charge in [-0.25, -0.2) is 0 Å². The van der Waals surface area contributed by atoms with E-state index in [1.54, 1.807) is 43.3 Å². The van der Waals surface area contributed by atoms with Gasteiger partial charge in [0.05, 0.1) is 6.10 Å². The third kappa shape index (κ3) is 3.59. The predicted octanol–water partition coefficient (Wildman–Crippen LogP) is 2.70. The zero-order valence-electron chi connectivity index (χ0n) is 10.4. The van der Waals surface area contributed by atoms with Gasteiger partial charge in [0.15, 0.2) is 5.76 Å². The fourth-order valence-electron chi connectivity index (χ4n) is 1.66. The van der Waals surface area contributed by atoms with Crippen molar-refractivity contribution in [2.75, 3.05) is 6.54 Å². The van der Waals surface area contributed by atoms with Crippen molar-refractivity contribution in [3.63, 3.8) is 0 Å². The molecule has 5 heteroatoms. The van der Waals surface area contributed by atoms with Gasteiger partial charge < -0.3 is 14.8 Å². The first-order chi connectivity index (χ1) is 9.06. The van der Waals surface area contributed by atoms with E-state index in [1.165, 1.54) is 0 Å². The minimum Gasteiger partial charge on any atom is -0.456 e. The standard InChI is InChI=1S/C14H14ClNO3/c1-9-5-6-13(19-9)14(18)16-8-12(17)10-3-2-4-11(15)7-10/h2-7,12,17H,8H2,1H3,(H,16,18)/t12-/m0/s1. The molecule has 100 valence electrons. The maximum Gasteiger partial charge on any atom is 0.287 e. The summed E-state index contributed by atoms with van der Waals surface area (Å²) in [7, 11) is 0. The van der Waals surface area contributed by atoms with Crippen molar-refractivity contribution >= 4 is 17.5 Å². The largest absolute Gasteiger partial charge is 0.456 e. The number of hydrogen-bond acceptors (Lipinski definition) is 3. The van der Waals surface area contributed by atoms with Gasteiger partial charge in [0.1, 0.15) is 5.76 Å². The molecule has 4 nitrogen and oxygen atoms in total. The third-order valence-corrected chi connectivity index (χ3v) is 2.89. The topological polar surface area (TPSA) is 62.5 Å². The van der Waals surface area contributed by atoms with Crippen LogP contribution in [0.5, 0.6) is 0 Å². The lowest BCUT2D eigenvalue weighted by atomic mass is 10.1. The molecule has 2 N–H and O–H groups in total. The summed E-state index contributed by atoms with van der Waals surface area (Å²) >= 11 is 5.84. The Morgan fingerprint density at radius 3 is 2.84 bits per heavy atom. The lowest BCUT2D eigenvalue weighted by molar-refractivity contribution is 0.0888. The predicted molar refractivity (Wildman–Crippen MR) is 72.2 cm³/mol. The summed E-state index contributed by atoms with van der Waals surface area (Å²) in [6.45, 7) is 1.86. The average Bonchev–Trinajstić information content (AvgIpc) is 2.82. The van der Waals surface area contributed by atoms with Crippen LogP contribution in [0.2, 0.25) is 5.02 Å². The van der Waals surface area contributed by atoms with Crippen LogP contribution in [-0.2, 0) is 0 Å². The van der Waals surface area contributed by atoms with Gasteiger partial charge in [-0.2, -0.15) is 0 Å². The number of furan rings is 1. The van der Waals surface area contributed by atoms with E-state index < -0.39 is 6.10 Å². The van der Waals surface area contributed by atoms with Crippen LogP contribution in [0.3, 0.4) is 0 Å². The normalized spacial score (nSPS) is 12.2. The first-order valence-electron chi connectivity index (χ1n) is 5.84. The monoisotopic (exact) mass is 279 g/mol. The van der Waals surface area contributed by atoms with Crippen molar-refractivity contribution in [1.29, 1.82) is 0 Å². The van der Waals surface area contributed by atoms with Gasteiger partial charge in [0.2, 0.25) is 0 Å². The molecule has 0 aliphatic rings. The number of aliphatic hydroxyl groups excluding tert-OH is 1. The van der Waals surface area contributed by atoms with E-state index >= 15 is 0 Å². The molecule has 1 aromatic heterocycles. The highest BCUT2D eigenvalue weighted by Gasteiger charge is 2.13. The van der Waals surface area contributed by atoms with Gasteiger partial charge >= 0.3 is 0 Å². The summed E-state index contributed by atoms with van der Waals surface area (Å²) in [6.07, 6.45) is -0.807. The SMILES string of the molecule is Cc1ccc(C(=O)NC[C@H](O)c2cccc(Cl)c2)o1. The average molecular weight is 280 g/mol. The third-order valence-electron chi connectivity index (χ3n) is 2.65. The van der Waals surface area contributed by atoms with Crippen LogP contribution in [0.25, 0.3) is 0 Å². The van der Waals surface area contributed by atoms with E-state index in [9.17, 15) is 9.90 Å². The molecule has 1 amide bonds. The Hall–Kier alpha value is -1.78. The number of carbonyl (C=O) groups is 1. The maximum absolute atomic E-state index is 11.7. The summed E-state index contributed by atoms with van der Waals surface area (Å²) in [6, 6.07) is 10.2. The van der Waals surface area contributed by atoms with Crippen molar-refractivity contribution in [1.82, 2.24) is 5.32 Å². The minimum atomic E-state index is -0.807. The molecule has 0 radical (unpaired) electrons. The fraction of sp³-hybridized carbons (Fsp3) is 0.214. The van der Waals surface area contributed by atoms with Crippen LogP contribution in [0, 0.1) is 6.92 Å². The number of halogens is 1. The molecular formula is C14H14ClNO3. The minimum absolute atomic E-state index is 0.0962. The zero-order valence-corrected chi connectivity index (χ0v) is 11.1. The molecule has 0 saturated carbocycles. The first kappa shape index (κ1) is 13.6. The number of aryl methyl sites for hydroxylation is 1. The van der Waals surface area contributed by atoms with Gasteiger partial charge in [-0.05, 0) is 36.8 Å².